The van der Waals surface area contributed by atoms with Crippen LogP contribution in [0.5, 0.6) is 5.75 Å². The quantitative estimate of drug-likeness (QED) is 0.238. The van der Waals surface area contributed by atoms with E-state index < -0.39 is 63.9 Å². The molecule has 0 unspecified atom stereocenters. The predicted molar refractivity (Wildman–Crippen MR) is 166 cm³/mol. The first-order valence-corrected chi connectivity index (χ1v) is 16.1. The molecule has 1 aromatic rings. The molecule has 0 bridgehead atoms. The summed E-state index contributed by atoms with van der Waals surface area (Å²) < 4.78 is 22.2. The van der Waals surface area contributed by atoms with Crippen molar-refractivity contribution in [3.8, 4) is 5.75 Å². The molecule has 0 spiro atoms. The first-order chi connectivity index (χ1) is 21.4. The van der Waals surface area contributed by atoms with Crippen LogP contribution in [-0.4, -0.2) is 88.5 Å². The first-order valence-electron chi connectivity index (χ1n) is 16.1. The van der Waals surface area contributed by atoms with Crippen LogP contribution in [0.2, 0.25) is 0 Å². The minimum Gasteiger partial charge on any atom is -0.508 e. The standard InChI is InChI=1S/C34H46FN3O7/c1-5-12-38(16-18-10-8-6-7-9-11-18)17-20-15-23(45-4)25-21(27(20)35)13-19-14-22-28(37(2)3)30(40)26(33(36)43)32(42)34(22,44)31(41)24(19)29(25)39/h15,18-19,22,28,39,42,44H,5-14,16-17H2,1-4H3,(H2,36,43)/t19-,22-,28-,34-/m0/s1. The lowest BCUT2D eigenvalue weighted by atomic mass is 9.57. The fourth-order valence-electron chi connectivity index (χ4n) is 8.31. The number of methoxy groups -OCH3 is 1. The summed E-state index contributed by atoms with van der Waals surface area (Å²) in [4.78, 5) is 43.4. The topological polar surface area (TPSA) is 154 Å². The summed E-state index contributed by atoms with van der Waals surface area (Å²) in [6, 6.07) is 0.398. The van der Waals surface area contributed by atoms with Crippen molar-refractivity contribution in [2.45, 2.75) is 82.9 Å². The molecule has 0 heterocycles. The second-order valence-corrected chi connectivity index (χ2v) is 13.5. The largest absolute Gasteiger partial charge is 0.508 e. The summed E-state index contributed by atoms with van der Waals surface area (Å²) in [7, 11) is 4.52. The molecule has 0 radical (unpaired) electrons. The Kier molecular flexibility index (Phi) is 9.45. The average molecular weight is 628 g/mol. The lowest BCUT2D eigenvalue weighted by Gasteiger charge is -2.50. The molecule has 4 atom stereocenters. The summed E-state index contributed by atoms with van der Waals surface area (Å²) in [5, 5.41) is 34.4. The van der Waals surface area contributed by atoms with Crippen molar-refractivity contribution < 1.29 is 38.8 Å². The third-order valence-electron chi connectivity index (χ3n) is 10.4. The summed E-state index contributed by atoms with van der Waals surface area (Å²) in [5.41, 5.74) is 2.35. The molecule has 2 saturated carbocycles. The van der Waals surface area contributed by atoms with Gasteiger partial charge in [-0.25, -0.2) is 4.39 Å². The van der Waals surface area contributed by atoms with Crippen LogP contribution in [0.4, 0.5) is 4.39 Å². The number of hydrogen-bond acceptors (Lipinski definition) is 9. The van der Waals surface area contributed by atoms with Crippen LogP contribution in [0, 0.1) is 23.6 Å². The zero-order chi connectivity index (χ0) is 32.8. The number of nitrogens with zero attached hydrogens (tertiary/aromatic N) is 2. The number of likely N-dealkylation sites (N-methyl/N-ethyl adjacent to an activating group) is 1. The van der Waals surface area contributed by atoms with E-state index in [2.05, 4.69) is 11.8 Å². The number of Topliss-reactive ketones (excluding diaryl/α,β-unsaturated/α-hetero) is 2. The van der Waals surface area contributed by atoms with Crippen molar-refractivity contribution in [3.63, 3.8) is 0 Å². The molecule has 4 aliphatic rings. The van der Waals surface area contributed by atoms with E-state index in [4.69, 9.17) is 10.5 Å². The second-order valence-electron chi connectivity index (χ2n) is 13.5. The van der Waals surface area contributed by atoms with Gasteiger partial charge in [0.15, 0.2) is 11.4 Å². The number of aliphatic hydroxyl groups is 3. The molecule has 1 aromatic carbocycles. The van der Waals surface area contributed by atoms with Gasteiger partial charge < -0.3 is 25.8 Å². The number of primary amides is 1. The minimum atomic E-state index is -2.69. The molecule has 11 heteroatoms. The van der Waals surface area contributed by atoms with Gasteiger partial charge in [-0.1, -0.05) is 32.6 Å². The van der Waals surface area contributed by atoms with Crippen LogP contribution in [0.25, 0.3) is 5.76 Å². The number of halogens is 1. The molecule has 4 aliphatic carbocycles. The highest BCUT2D eigenvalue weighted by molar-refractivity contribution is 6.24. The monoisotopic (exact) mass is 627 g/mol. The van der Waals surface area contributed by atoms with Gasteiger partial charge >= 0.3 is 0 Å². The molecule has 5 N–H and O–H groups in total. The number of amides is 1. The predicted octanol–water partition coefficient (Wildman–Crippen LogP) is 3.59. The maximum atomic E-state index is 16.5. The van der Waals surface area contributed by atoms with Gasteiger partial charge in [0.1, 0.15) is 28.7 Å². The van der Waals surface area contributed by atoms with Gasteiger partial charge in [-0.15, -0.1) is 0 Å². The summed E-state index contributed by atoms with van der Waals surface area (Å²) in [5.74, 6) is -6.45. The Morgan fingerprint density at radius 2 is 1.82 bits per heavy atom. The maximum absolute atomic E-state index is 16.5. The van der Waals surface area contributed by atoms with E-state index in [0.29, 0.717) is 18.0 Å². The molecular formula is C34H46FN3O7. The van der Waals surface area contributed by atoms with Gasteiger partial charge in [-0.3, -0.25) is 24.2 Å². The summed E-state index contributed by atoms with van der Waals surface area (Å²) >= 11 is 0. The second kappa shape index (κ2) is 12.8. The van der Waals surface area contributed by atoms with E-state index >= 15 is 4.39 Å². The number of nitrogens with two attached hydrogens (primary N) is 1. The normalized spacial score (nSPS) is 27.4. The molecule has 5 rings (SSSR count). The highest BCUT2D eigenvalue weighted by Gasteiger charge is 2.64. The Labute approximate surface area is 263 Å². The molecule has 10 nitrogen and oxygen atoms in total. The van der Waals surface area contributed by atoms with E-state index in [1.807, 2.05) is 0 Å². The van der Waals surface area contributed by atoms with E-state index in [1.165, 1.54) is 50.5 Å². The van der Waals surface area contributed by atoms with Crippen molar-refractivity contribution in [1.29, 1.82) is 0 Å². The van der Waals surface area contributed by atoms with Crippen LogP contribution in [-0.2, 0) is 27.3 Å². The van der Waals surface area contributed by atoms with Crippen LogP contribution < -0.4 is 10.5 Å². The molecule has 1 amide bonds. The van der Waals surface area contributed by atoms with E-state index in [1.54, 1.807) is 20.2 Å². The Balaban J connectivity index is 1.57. The first kappa shape index (κ1) is 33.1. The van der Waals surface area contributed by atoms with Crippen molar-refractivity contribution in [1.82, 2.24) is 9.80 Å². The van der Waals surface area contributed by atoms with Crippen LogP contribution in [0.1, 0.15) is 75.0 Å². The Morgan fingerprint density at radius 3 is 2.40 bits per heavy atom. The number of ketones is 2. The van der Waals surface area contributed by atoms with Crippen LogP contribution in [0.3, 0.4) is 0 Å². The average Bonchev–Trinajstić information content (AvgIpc) is 3.25. The minimum absolute atomic E-state index is 0.0149. The number of ether oxygens (including phenoxy) is 1. The zero-order valence-corrected chi connectivity index (χ0v) is 26.7. The van der Waals surface area contributed by atoms with E-state index in [9.17, 15) is 29.7 Å². The van der Waals surface area contributed by atoms with Gasteiger partial charge in [0.05, 0.1) is 18.7 Å². The van der Waals surface area contributed by atoms with Crippen molar-refractivity contribution >= 4 is 23.2 Å². The maximum Gasteiger partial charge on any atom is 0.255 e. The molecule has 0 aromatic heterocycles. The van der Waals surface area contributed by atoms with Crippen molar-refractivity contribution in [2.75, 3.05) is 34.3 Å². The van der Waals surface area contributed by atoms with E-state index in [-0.39, 0.29) is 35.3 Å². The molecule has 0 saturated heterocycles. The molecule has 2 fully saturated rings. The summed E-state index contributed by atoms with van der Waals surface area (Å²) in [6.07, 6.45) is 8.18. The number of carbonyl (C=O) groups excluding carboxylic acids is 3. The molecule has 0 aliphatic heterocycles. The number of hydrogen-bond donors (Lipinski definition) is 4. The fraction of sp³-hybridized carbons (Fsp3) is 0.618. The van der Waals surface area contributed by atoms with Gasteiger partial charge in [-0.2, -0.15) is 0 Å². The number of carbonyl (C=O) groups is 3. The van der Waals surface area contributed by atoms with Crippen LogP contribution >= 0.6 is 0 Å². The lowest BCUT2D eigenvalue weighted by Crippen LogP contribution is -2.65. The lowest BCUT2D eigenvalue weighted by molar-refractivity contribution is -0.153. The molecular weight excluding hydrogens is 581 g/mol. The highest BCUT2D eigenvalue weighted by Crippen LogP contribution is 2.53. The zero-order valence-electron chi connectivity index (χ0n) is 26.7. The SMILES string of the molecule is CCCN(Cc1cc(OC)c2c(c1F)C[C@H]1C[C@H]3[C@H](N(C)C)C(=O)C(C(N)=O)=C(O)[C@@]3(O)C(=O)C1=C2O)CC1CCCCCC1. The summed E-state index contributed by atoms with van der Waals surface area (Å²) in [6.45, 7) is 4.16. The third kappa shape index (κ3) is 5.57. The Bertz CT molecular complexity index is 1450. The van der Waals surface area contributed by atoms with Gasteiger partial charge in [0.2, 0.25) is 5.78 Å². The Hall–Kier alpha value is -3.28. The smallest absolute Gasteiger partial charge is 0.255 e. The van der Waals surface area contributed by atoms with Crippen molar-refractivity contribution in [2.24, 2.45) is 23.5 Å². The van der Waals surface area contributed by atoms with Gasteiger partial charge in [0.25, 0.3) is 5.91 Å². The third-order valence-corrected chi connectivity index (χ3v) is 10.4. The molecule has 45 heavy (non-hydrogen) atoms. The van der Waals surface area contributed by atoms with E-state index in [0.717, 1.165) is 19.5 Å². The number of fused-ring (bicyclic) bond motifs is 3. The number of benzene rings is 1. The molecule has 246 valence electrons. The Morgan fingerprint density at radius 1 is 1.16 bits per heavy atom. The number of rotatable bonds is 9. The highest BCUT2D eigenvalue weighted by atomic mass is 19.1. The van der Waals surface area contributed by atoms with Crippen LogP contribution in [0.15, 0.2) is 23.0 Å². The number of aliphatic hydroxyl groups excluding tert-OH is 2. The van der Waals surface area contributed by atoms with Crippen molar-refractivity contribution in [3.05, 3.63) is 45.5 Å². The fourth-order valence-corrected chi connectivity index (χ4v) is 8.31. The van der Waals surface area contributed by atoms with Gasteiger partial charge in [0, 0.05) is 35.7 Å². The van der Waals surface area contributed by atoms with Gasteiger partial charge in [-0.05, 0) is 70.6 Å².